The lowest BCUT2D eigenvalue weighted by atomic mass is 10.1. The predicted octanol–water partition coefficient (Wildman–Crippen LogP) is 0.803. The molecule has 0 radical (unpaired) electrons. The molecule has 0 aliphatic rings. The van der Waals surface area contributed by atoms with E-state index in [9.17, 15) is 14.4 Å². The van der Waals surface area contributed by atoms with Crippen LogP contribution in [0.3, 0.4) is 0 Å². The zero-order valence-corrected chi connectivity index (χ0v) is 13.9. The Balaban J connectivity index is 2.62. The molecular weight excluding hydrogens is 316 g/mol. The molecule has 0 bridgehead atoms. The Kier molecular flexibility index (Phi) is 7.54. The van der Waals surface area contributed by atoms with E-state index in [0.29, 0.717) is 29.9 Å². The van der Waals surface area contributed by atoms with Gasteiger partial charge in [-0.1, -0.05) is 13.3 Å². The number of methoxy groups -OCH3 is 2. The molecule has 8 heteroatoms. The van der Waals surface area contributed by atoms with Gasteiger partial charge in [-0.25, -0.2) is 4.79 Å². The fraction of sp³-hybridized carbons (Fsp3) is 0.438. The zero-order chi connectivity index (χ0) is 18.1. The molecule has 1 aromatic carbocycles. The summed E-state index contributed by atoms with van der Waals surface area (Å²) in [6, 6.07) is 3.64. The van der Waals surface area contributed by atoms with Gasteiger partial charge < -0.3 is 25.2 Å². The highest BCUT2D eigenvalue weighted by Crippen LogP contribution is 2.27. The van der Waals surface area contributed by atoms with Gasteiger partial charge in [0.2, 0.25) is 5.91 Å². The van der Waals surface area contributed by atoms with E-state index in [1.807, 2.05) is 6.92 Å². The molecule has 1 atom stereocenters. The molecule has 0 heterocycles. The first kappa shape index (κ1) is 19.3. The highest BCUT2D eigenvalue weighted by atomic mass is 16.5. The number of nitrogens with one attached hydrogen (secondary N) is 2. The van der Waals surface area contributed by atoms with E-state index in [2.05, 4.69) is 10.6 Å². The number of hydrogen-bond acceptors (Lipinski definition) is 5. The Labute approximate surface area is 140 Å². The zero-order valence-electron chi connectivity index (χ0n) is 13.9. The van der Waals surface area contributed by atoms with Crippen molar-refractivity contribution in [1.29, 1.82) is 0 Å². The van der Waals surface area contributed by atoms with Gasteiger partial charge in [-0.15, -0.1) is 0 Å². The molecule has 0 aliphatic carbocycles. The highest BCUT2D eigenvalue weighted by molar-refractivity contribution is 5.97. The van der Waals surface area contributed by atoms with Crippen LogP contribution in [-0.2, 0) is 9.59 Å². The molecule has 1 rings (SSSR count). The fourth-order valence-electron chi connectivity index (χ4n) is 2.03. The van der Waals surface area contributed by atoms with Crippen LogP contribution in [0.2, 0.25) is 0 Å². The van der Waals surface area contributed by atoms with E-state index in [4.69, 9.17) is 14.6 Å². The topological polar surface area (TPSA) is 114 Å². The number of benzene rings is 1. The SMILES string of the molecule is CCCC(NC(=O)CNC(=O)c1ccc(OC)c(OC)c1)C(=O)O. The van der Waals surface area contributed by atoms with Crippen molar-refractivity contribution in [1.82, 2.24) is 10.6 Å². The Hall–Kier alpha value is -2.77. The number of amides is 2. The lowest BCUT2D eigenvalue weighted by Crippen LogP contribution is -2.45. The largest absolute Gasteiger partial charge is 0.493 e. The third-order valence-electron chi connectivity index (χ3n) is 3.27. The number of carbonyl (C=O) groups is 3. The predicted molar refractivity (Wildman–Crippen MR) is 86.4 cm³/mol. The molecule has 0 spiro atoms. The second kappa shape index (κ2) is 9.39. The molecule has 132 valence electrons. The summed E-state index contributed by atoms with van der Waals surface area (Å²) in [5.74, 6) is -1.27. The monoisotopic (exact) mass is 338 g/mol. The molecule has 0 fully saturated rings. The number of rotatable bonds is 9. The Morgan fingerprint density at radius 3 is 2.38 bits per heavy atom. The van der Waals surface area contributed by atoms with Gasteiger partial charge in [0, 0.05) is 5.56 Å². The van der Waals surface area contributed by atoms with Crippen molar-refractivity contribution in [2.24, 2.45) is 0 Å². The van der Waals surface area contributed by atoms with E-state index in [0.717, 1.165) is 0 Å². The molecule has 0 saturated carbocycles. The van der Waals surface area contributed by atoms with Crippen molar-refractivity contribution in [3.63, 3.8) is 0 Å². The molecule has 2 amide bonds. The maximum atomic E-state index is 12.1. The Morgan fingerprint density at radius 2 is 1.83 bits per heavy atom. The van der Waals surface area contributed by atoms with Gasteiger partial charge in [0.1, 0.15) is 6.04 Å². The summed E-state index contributed by atoms with van der Waals surface area (Å²) in [6.07, 6.45) is 0.944. The van der Waals surface area contributed by atoms with Crippen LogP contribution in [0, 0.1) is 0 Å². The number of carboxylic acid groups (broad SMARTS) is 1. The van der Waals surface area contributed by atoms with Crippen LogP contribution in [0.1, 0.15) is 30.1 Å². The van der Waals surface area contributed by atoms with Gasteiger partial charge in [0.25, 0.3) is 5.91 Å². The van der Waals surface area contributed by atoms with E-state index >= 15 is 0 Å². The standard InChI is InChI=1S/C16H22N2O6/c1-4-5-11(16(21)22)18-14(19)9-17-15(20)10-6-7-12(23-2)13(8-10)24-3/h6-8,11H,4-5,9H2,1-3H3,(H,17,20)(H,18,19)(H,21,22). The van der Waals surface area contributed by atoms with Crippen LogP contribution >= 0.6 is 0 Å². The smallest absolute Gasteiger partial charge is 0.326 e. The minimum absolute atomic E-state index is 0.295. The fourth-order valence-corrected chi connectivity index (χ4v) is 2.03. The summed E-state index contributed by atoms with van der Waals surface area (Å²) in [5.41, 5.74) is 0.295. The van der Waals surface area contributed by atoms with Gasteiger partial charge in [-0.05, 0) is 24.6 Å². The second-order valence-corrected chi connectivity index (χ2v) is 5.00. The molecule has 3 N–H and O–H groups in total. The van der Waals surface area contributed by atoms with Gasteiger partial charge >= 0.3 is 5.97 Å². The maximum Gasteiger partial charge on any atom is 0.326 e. The van der Waals surface area contributed by atoms with E-state index in [1.54, 1.807) is 6.07 Å². The average molecular weight is 338 g/mol. The van der Waals surface area contributed by atoms with Crippen LogP contribution in [0.5, 0.6) is 11.5 Å². The van der Waals surface area contributed by atoms with Gasteiger partial charge in [0.05, 0.1) is 20.8 Å². The summed E-state index contributed by atoms with van der Waals surface area (Å²) in [6.45, 7) is 1.50. The summed E-state index contributed by atoms with van der Waals surface area (Å²) in [7, 11) is 2.93. The van der Waals surface area contributed by atoms with E-state index in [1.165, 1.54) is 26.4 Å². The molecule has 0 aromatic heterocycles. The van der Waals surface area contributed by atoms with Crippen molar-refractivity contribution >= 4 is 17.8 Å². The van der Waals surface area contributed by atoms with Crippen molar-refractivity contribution < 1.29 is 29.0 Å². The number of hydrogen-bond donors (Lipinski definition) is 3. The van der Waals surface area contributed by atoms with E-state index in [-0.39, 0.29) is 6.54 Å². The molecular formula is C16H22N2O6. The lowest BCUT2D eigenvalue weighted by molar-refractivity contribution is -0.141. The van der Waals surface area contributed by atoms with Crippen LogP contribution in [0.15, 0.2) is 18.2 Å². The molecule has 1 unspecified atom stereocenters. The molecule has 0 aliphatic heterocycles. The third kappa shape index (κ3) is 5.45. The molecule has 8 nitrogen and oxygen atoms in total. The number of aliphatic carboxylic acids is 1. The summed E-state index contributed by atoms with van der Waals surface area (Å²) >= 11 is 0. The second-order valence-electron chi connectivity index (χ2n) is 5.00. The minimum Gasteiger partial charge on any atom is -0.493 e. The Bertz CT molecular complexity index is 602. The van der Waals surface area contributed by atoms with Crippen molar-refractivity contribution in [3.8, 4) is 11.5 Å². The van der Waals surface area contributed by atoms with Gasteiger partial charge in [-0.2, -0.15) is 0 Å². The van der Waals surface area contributed by atoms with Crippen molar-refractivity contribution in [2.75, 3.05) is 20.8 Å². The quantitative estimate of drug-likeness (QED) is 0.614. The first-order valence-electron chi connectivity index (χ1n) is 7.45. The van der Waals surface area contributed by atoms with Crippen LogP contribution in [-0.4, -0.2) is 49.7 Å². The van der Waals surface area contributed by atoms with E-state index < -0.39 is 23.8 Å². The van der Waals surface area contributed by atoms with Crippen LogP contribution in [0.25, 0.3) is 0 Å². The molecule has 24 heavy (non-hydrogen) atoms. The molecule has 0 saturated heterocycles. The summed E-state index contributed by atoms with van der Waals surface area (Å²) < 4.78 is 10.2. The van der Waals surface area contributed by atoms with Crippen molar-refractivity contribution in [2.45, 2.75) is 25.8 Å². The third-order valence-corrected chi connectivity index (χ3v) is 3.27. The maximum absolute atomic E-state index is 12.1. The normalized spacial score (nSPS) is 11.3. The summed E-state index contributed by atoms with van der Waals surface area (Å²) in [4.78, 5) is 34.8. The number of ether oxygens (including phenoxy) is 2. The number of carbonyl (C=O) groups excluding carboxylic acids is 2. The average Bonchev–Trinajstić information content (AvgIpc) is 2.58. The minimum atomic E-state index is -1.10. The first-order chi connectivity index (χ1) is 11.4. The van der Waals surface area contributed by atoms with Crippen LogP contribution < -0.4 is 20.1 Å². The Morgan fingerprint density at radius 1 is 1.17 bits per heavy atom. The lowest BCUT2D eigenvalue weighted by Gasteiger charge is -2.14. The van der Waals surface area contributed by atoms with Crippen LogP contribution in [0.4, 0.5) is 0 Å². The molecule has 1 aromatic rings. The highest BCUT2D eigenvalue weighted by Gasteiger charge is 2.19. The first-order valence-corrected chi connectivity index (χ1v) is 7.45. The number of carboxylic acids is 1. The van der Waals surface area contributed by atoms with Gasteiger partial charge in [0.15, 0.2) is 11.5 Å². The van der Waals surface area contributed by atoms with Gasteiger partial charge in [-0.3, -0.25) is 9.59 Å². The van der Waals surface area contributed by atoms with Crippen molar-refractivity contribution in [3.05, 3.63) is 23.8 Å². The summed E-state index contributed by atoms with van der Waals surface area (Å²) in [5, 5.41) is 13.8.